The number of hydrogen-bond acceptors (Lipinski definition) is 1. The average molecular weight is 444 g/mol. The Morgan fingerprint density at radius 3 is 2.15 bits per heavy atom. The van der Waals surface area contributed by atoms with Crippen molar-refractivity contribution < 1.29 is 0 Å². The number of benzene rings is 4. The molecule has 0 amide bonds. The second-order valence-electron chi connectivity index (χ2n) is 9.74. The predicted octanol–water partition coefficient (Wildman–Crippen LogP) is 9.48. The van der Waals surface area contributed by atoms with E-state index in [9.17, 15) is 0 Å². The van der Waals surface area contributed by atoms with Gasteiger partial charge in [0.05, 0.1) is 5.69 Å². The van der Waals surface area contributed by atoms with Gasteiger partial charge in [0.25, 0.3) is 0 Å². The Bertz CT molecular complexity index is 1640. The van der Waals surface area contributed by atoms with Gasteiger partial charge in [-0.05, 0) is 56.0 Å². The Labute approximate surface area is 195 Å². The third-order valence-corrected chi connectivity index (χ3v) is 9.13. The summed E-state index contributed by atoms with van der Waals surface area (Å²) < 4.78 is 0. The van der Waals surface area contributed by atoms with Crippen LogP contribution >= 0.6 is 7.53 Å². The molecule has 0 N–H and O–H groups in total. The number of pyridine rings is 1. The topological polar surface area (TPSA) is 12.9 Å². The van der Waals surface area contributed by atoms with Crippen LogP contribution < -0.4 is 0 Å². The van der Waals surface area contributed by atoms with Crippen LogP contribution in [0.25, 0.3) is 48.3 Å². The van der Waals surface area contributed by atoms with E-state index in [2.05, 4.69) is 118 Å². The first kappa shape index (κ1) is 20.2. The quantitative estimate of drug-likeness (QED) is 0.260. The molecule has 4 aromatic carbocycles. The molecule has 0 saturated carbocycles. The maximum absolute atomic E-state index is 5.03. The van der Waals surface area contributed by atoms with E-state index in [1.54, 1.807) is 0 Å². The van der Waals surface area contributed by atoms with Crippen LogP contribution in [0.15, 0.2) is 103 Å². The van der Waals surface area contributed by atoms with Crippen molar-refractivity contribution in [3.05, 3.63) is 109 Å². The lowest BCUT2D eigenvalue weighted by Crippen LogP contribution is -2.12. The lowest BCUT2D eigenvalue weighted by atomic mass is 9.82. The van der Waals surface area contributed by atoms with Gasteiger partial charge in [-0.3, -0.25) is 4.98 Å². The molecule has 0 bridgehead atoms. The molecule has 0 spiro atoms. The first-order chi connectivity index (χ1) is 16.0. The second-order valence-corrected chi connectivity index (χ2v) is 11.9. The van der Waals surface area contributed by atoms with Gasteiger partial charge in [0.2, 0.25) is 0 Å². The highest BCUT2D eigenvalue weighted by atomic mass is 31.1. The number of fused-ring (bicyclic) bond motifs is 4. The molecule has 6 aromatic rings. The molecule has 33 heavy (non-hydrogen) atoms. The fourth-order valence-electron chi connectivity index (χ4n) is 5.04. The van der Waals surface area contributed by atoms with Crippen LogP contribution in [-0.4, -0.2) is 4.98 Å². The predicted molar refractivity (Wildman–Crippen MR) is 145 cm³/mol. The molecule has 1 unspecified atom stereocenters. The summed E-state index contributed by atoms with van der Waals surface area (Å²) >= 11 is 0. The summed E-state index contributed by atoms with van der Waals surface area (Å²) in [5.74, 6) is 0. The van der Waals surface area contributed by atoms with Gasteiger partial charge in [0.1, 0.15) is 0 Å². The van der Waals surface area contributed by atoms with Crippen molar-refractivity contribution in [3.8, 4) is 16.6 Å². The minimum Gasteiger partial charge on any atom is -0.255 e. The van der Waals surface area contributed by atoms with Crippen molar-refractivity contribution >= 4 is 39.3 Å². The van der Waals surface area contributed by atoms with Crippen molar-refractivity contribution in [1.82, 2.24) is 4.98 Å². The molecule has 160 valence electrons. The maximum Gasteiger partial charge on any atom is 0.0823 e. The Morgan fingerprint density at radius 1 is 0.667 bits per heavy atom. The summed E-state index contributed by atoms with van der Waals surface area (Å²) in [7, 11) is -0.660. The summed E-state index contributed by atoms with van der Waals surface area (Å²) in [5.41, 5.74) is 3.75. The zero-order valence-corrected chi connectivity index (χ0v) is 20.1. The molecule has 1 nitrogen and oxygen atoms in total. The van der Waals surface area contributed by atoms with Crippen LogP contribution in [0.3, 0.4) is 0 Å². The van der Waals surface area contributed by atoms with Crippen molar-refractivity contribution in [3.63, 3.8) is 0 Å². The molecule has 0 aliphatic carbocycles. The summed E-state index contributed by atoms with van der Waals surface area (Å²) in [5, 5.41) is 9.48. The first-order valence-corrected chi connectivity index (χ1v) is 12.8. The zero-order valence-electron chi connectivity index (χ0n) is 19.2. The molecule has 2 aromatic heterocycles. The van der Waals surface area contributed by atoms with Gasteiger partial charge >= 0.3 is 0 Å². The Kier molecular flexibility index (Phi) is 4.64. The zero-order chi connectivity index (χ0) is 22.6. The molecule has 0 saturated heterocycles. The molecule has 1 atom stereocenters. The summed E-state index contributed by atoms with van der Waals surface area (Å²) in [6.45, 7) is 6.90. The lowest BCUT2D eigenvalue weighted by Gasteiger charge is -2.23. The summed E-state index contributed by atoms with van der Waals surface area (Å²) in [6, 6.07) is 35.5. The van der Waals surface area contributed by atoms with Crippen molar-refractivity contribution in [2.45, 2.75) is 26.2 Å². The molecule has 0 aliphatic heterocycles. The van der Waals surface area contributed by atoms with Crippen LogP contribution in [0.1, 0.15) is 26.3 Å². The minimum absolute atomic E-state index is 0.0424. The van der Waals surface area contributed by atoms with Gasteiger partial charge in [-0.1, -0.05) is 107 Å². The maximum atomic E-state index is 5.03. The van der Waals surface area contributed by atoms with E-state index in [-0.39, 0.29) is 5.41 Å². The molecular formula is C31H26NP. The Hall–Kier alpha value is -3.41. The third kappa shape index (κ3) is 3.27. The van der Waals surface area contributed by atoms with Crippen LogP contribution in [0, 0.1) is 0 Å². The highest BCUT2D eigenvalue weighted by molar-refractivity contribution is 7.68. The van der Waals surface area contributed by atoms with Gasteiger partial charge in [0.15, 0.2) is 0 Å². The normalized spacial score (nSPS) is 12.6. The highest BCUT2D eigenvalue weighted by Crippen LogP contribution is 2.57. The number of rotatable bonds is 2. The van der Waals surface area contributed by atoms with E-state index >= 15 is 0 Å². The number of aromatic nitrogens is 1. The Balaban J connectivity index is 1.76. The van der Waals surface area contributed by atoms with E-state index in [1.165, 1.54) is 48.2 Å². The van der Waals surface area contributed by atoms with Gasteiger partial charge in [0, 0.05) is 22.0 Å². The fourth-order valence-corrected chi connectivity index (χ4v) is 7.79. The van der Waals surface area contributed by atoms with Crippen molar-refractivity contribution in [1.29, 1.82) is 0 Å². The molecule has 2 heteroatoms. The van der Waals surface area contributed by atoms with Crippen molar-refractivity contribution in [2.24, 2.45) is 0 Å². The van der Waals surface area contributed by atoms with Gasteiger partial charge in [-0.15, -0.1) is 0 Å². The molecule has 6 rings (SSSR count). The highest BCUT2D eigenvalue weighted by Gasteiger charge is 2.22. The first-order valence-electron chi connectivity index (χ1n) is 11.5. The lowest BCUT2D eigenvalue weighted by molar-refractivity contribution is 0.596. The van der Waals surface area contributed by atoms with Crippen LogP contribution in [0.5, 0.6) is 0 Å². The van der Waals surface area contributed by atoms with Crippen LogP contribution in [0.2, 0.25) is 0 Å². The van der Waals surface area contributed by atoms with Gasteiger partial charge in [-0.25, -0.2) is 0 Å². The standard InChI is InChI=1S/C31H26NP/c1-31(2,3)27-20-22(19-21-11-7-8-14-24(21)27)29-30-26(17-18-32-29)25-15-9-10-16-28(25)33(30)23-12-5-4-6-13-23/h4-20H,1-3H3. The van der Waals surface area contributed by atoms with E-state index in [0.29, 0.717) is 0 Å². The number of hydrogen-bond donors (Lipinski definition) is 0. The SMILES string of the molecule is CC(C)(C)c1cc(-c2nccc3c4ccccc4p(-c4ccccc4)c23)cc2ccccc12. The largest absolute Gasteiger partial charge is 0.255 e. The van der Waals surface area contributed by atoms with Crippen LogP contribution in [0.4, 0.5) is 0 Å². The van der Waals surface area contributed by atoms with Gasteiger partial charge < -0.3 is 0 Å². The van der Waals surface area contributed by atoms with E-state index in [4.69, 9.17) is 4.98 Å². The number of nitrogens with zero attached hydrogens (tertiary/aromatic N) is 1. The smallest absolute Gasteiger partial charge is 0.0823 e. The van der Waals surface area contributed by atoms with E-state index in [0.717, 1.165) is 5.69 Å². The Morgan fingerprint density at radius 2 is 1.36 bits per heavy atom. The third-order valence-electron chi connectivity index (χ3n) is 6.54. The summed E-state index contributed by atoms with van der Waals surface area (Å²) in [4.78, 5) is 5.03. The van der Waals surface area contributed by atoms with Gasteiger partial charge in [-0.2, -0.15) is 0 Å². The molecule has 0 aliphatic rings. The molecule has 0 radical (unpaired) electrons. The minimum atomic E-state index is -0.660. The average Bonchev–Trinajstić information content (AvgIpc) is 3.18. The monoisotopic (exact) mass is 443 g/mol. The summed E-state index contributed by atoms with van der Waals surface area (Å²) in [6.07, 6.45) is 1.99. The van der Waals surface area contributed by atoms with E-state index < -0.39 is 7.53 Å². The molecule has 0 fully saturated rings. The fraction of sp³-hybridized carbons (Fsp3) is 0.129. The van der Waals surface area contributed by atoms with Crippen LogP contribution in [-0.2, 0) is 5.41 Å². The van der Waals surface area contributed by atoms with E-state index in [1.807, 2.05) is 6.20 Å². The molecular weight excluding hydrogens is 417 g/mol. The molecule has 2 heterocycles. The second kappa shape index (κ2) is 7.58. The van der Waals surface area contributed by atoms with Crippen molar-refractivity contribution in [2.75, 3.05) is 0 Å².